The maximum absolute atomic E-state index is 11.8. The zero-order valence-corrected chi connectivity index (χ0v) is 13.5. The Balaban J connectivity index is 1.57. The van der Waals surface area contributed by atoms with Gasteiger partial charge in [0.15, 0.2) is 5.78 Å². The SMILES string of the molecule is C=C1C[C@H]2[C@@H]3C[C@H]4O[C@H]4[C@@]3(C)CC[C@@H]2[C@@]2(C)C=CC(=O)C=C12. The highest BCUT2D eigenvalue weighted by atomic mass is 16.6. The van der Waals surface area contributed by atoms with Crippen LogP contribution in [0, 0.1) is 28.6 Å². The molecule has 1 aliphatic heterocycles. The second-order valence-corrected chi connectivity index (χ2v) is 8.64. The molecule has 0 aromatic rings. The number of hydrogen-bond donors (Lipinski definition) is 0. The summed E-state index contributed by atoms with van der Waals surface area (Å²) in [7, 11) is 0. The molecule has 4 fully saturated rings. The first kappa shape index (κ1) is 13.3. The average Bonchev–Trinajstić information content (AvgIpc) is 3.19. The molecular formula is C20H24O2. The minimum atomic E-state index is 0.0167. The molecule has 5 aliphatic rings. The van der Waals surface area contributed by atoms with Crippen molar-refractivity contribution in [2.24, 2.45) is 28.6 Å². The van der Waals surface area contributed by atoms with Gasteiger partial charge in [0.2, 0.25) is 0 Å². The lowest BCUT2D eigenvalue weighted by Crippen LogP contribution is -2.50. The fourth-order valence-corrected chi connectivity index (χ4v) is 6.51. The molecule has 1 heterocycles. The molecule has 0 aromatic heterocycles. The van der Waals surface area contributed by atoms with E-state index in [2.05, 4.69) is 26.5 Å². The molecule has 7 atom stereocenters. The molecule has 0 radical (unpaired) electrons. The molecule has 3 saturated carbocycles. The van der Waals surface area contributed by atoms with Gasteiger partial charge in [0.1, 0.15) is 0 Å². The van der Waals surface area contributed by atoms with Gasteiger partial charge in [-0.05, 0) is 66.6 Å². The fraction of sp³-hybridized carbons (Fsp3) is 0.650. The van der Waals surface area contributed by atoms with Gasteiger partial charge >= 0.3 is 0 Å². The van der Waals surface area contributed by atoms with E-state index in [1.54, 1.807) is 6.08 Å². The highest BCUT2D eigenvalue weighted by molar-refractivity contribution is 6.01. The van der Waals surface area contributed by atoms with Crippen LogP contribution in [0.25, 0.3) is 0 Å². The summed E-state index contributed by atoms with van der Waals surface area (Å²) in [6, 6.07) is 0. The van der Waals surface area contributed by atoms with Gasteiger partial charge in [0, 0.05) is 5.41 Å². The number of carbonyl (C=O) groups is 1. The second-order valence-electron chi connectivity index (χ2n) is 8.64. The topological polar surface area (TPSA) is 29.6 Å². The Morgan fingerprint density at radius 3 is 2.95 bits per heavy atom. The van der Waals surface area contributed by atoms with Crippen molar-refractivity contribution in [1.82, 2.24) is 0 Å². The van der Waals surface area contributed by atoms with Crippen molar-refractivity contribution in [1.29, 1.82) is 0 Å². The minimum absolute atomic E-state index is 0.0167. The molecule has 0 N–H and O–H groups in total. The van der Waals surface area contributed by atoms with Crippen LogP contribution in [-0.2, 0) is 9.53 Å². The third-order valence-corrected chi connectivity index (χ3v) is 7.69. The van der Waals surface area contributed by atoms with E-state index in [-0.39, 0.29) is 11.2 Å². The lowest BCUT2D eigenvalue weighted by molar-refractivity contribution is -0.111. The van der Waals surface area contributed by atoms with Gasteiger partial charge < -0.3 is 4.74 Å². The van der Waals surface area contributed by atoms with Gasteiger partial charge in [-0.1, -0.05) is 32.1 Å². The summed E-state index contributed by atoms with van der Waals surface area (Å²) >= 11 is 0. The van der Waals surface area contributed by atoms with Crippen LogP contribution in [-0.4, -0.2) is 18.0 Å². The average molecular weight is 296 g/mol. The molecule has 4 aliphatic carbocycles. The Bertz CT molecular complexity index is 657. The Morgan fingerprint density at radius 2 is 2.14 bits per heavy atom. The minimum Gasteiger partial charge on any atom is -0.369 e. The summed E-state index contributed by atoms with van der Waals surface area (Å²) in [5.41, 5.74) is 2.82. The van der Waals surface area contributed by atoms with Crippen LogP contribution in [0.15, 0.2) is 36.0 Å². The van der Waals surface area contributed by atoms with E-state index in [4.69, 9.17) is 4.74 Å². The molecule has 1 saturated heterocycles. The molecule has 5 rings (SSSR count). The number of epoxide rings is 1. The lowest BCUT2D eigenvalue weighted by atomic mass is 9.47. The van der Waals surface area contributed by atoms with Crippen molar-refractivity contribution in [3.05, 3.63) is 36.0 Å². The first-order valence-corrected chi connectivity index (χ1v) is 8.72. The smallest absolute Gasteiger partial charge is 0.178 e. The van der Waals surface area contributed by atoms with Gasteiger partial charge in [-0.25, -0.2) is 0 Å². The van der Waals surface area contributed by atoms with Gasteiger partial charge in [0.25, 0.3) is 0 Å². The molecule has 0 spiro atoms. The summed E-state index contributed by atoms with van der Waals surface area (Å²) in [5, 5.41) is 0. The zero-order valence-electron chi connectivity index (χ0n) is 13.5. The van der Waals surface area contributed by atoms with E-state index < -0.39 is 0 Å². The molecule has 2 heteroatoms. The lowest BCUT2D eigenvalue weighted by Gasteiger charge is -2.57. The van der Waals surface area contributed by atoms with E-state index >= 15 is 0 Å². The third kappa shape index (κ3) is 1.43. The van der Waals surface area contributed by atoms with Crippen molar-refractivity contribution < 1.29 is 9.53 Å². The predicted molar refractivity (Wildman–Crippen MR) is 85.2 cm³/mol. The van der Waals surface area contributed by atoms with Gasteiger partial charge in [-0.3, -0.25) is 4.79 Å². The highest BCUT2D eigenvalue weighted by Gasteiger charge is 2.67. The standard InChI is InChI=1S/C20H24O2/c1-11-8-13-14(19(2)6-4-12(21)9-15(11)19)5-7-20(3)16(13)10-17-18(20)22-17/h4,6,9,13-14,16-18H,1,5,7-8,10H2,2-3H3/t13-,14+,16+,17-,18-,19-,20+/m1/s1. The van der Waals surface area contributed by atoms with Gasteiger partial charge in [-0.2, -0.15) is 0 Å². The van der Waals surface area contributed by atoms with Crippen molar-refractivity contribution in [3.63, 3.8) is 0 Å². The maximum Gasteiger partial charge on any atom is 0.178 e. The summed E-state index contributed by atoms with van der Waals surface area (Å²) in [6.07, 6.45) is 11.7. The molecule has 0 amide bonds. The molecular weight excluding hydrogens is 272 g/mol. The Hall–Kier alpha value is -1.15. The number of fused-ring (bicyclic) bond motifs is 7. The monoisotopic (exact) mass is 296 g/mol. The molecule has 116 valence electrons. The number of hydrogen-bond acceptors (Lipinski definition) is 2. The number of ether oxygens (including phenoxy) is 1. The fourth-order valence-electron chi connectivity index (χ4n) is 6.51. The van der Waals surface area contributed by atoms with Crippen LogP contribution in [0.4, 0.5) is 0 Å². The molecule has 0 aromatic carbocycles. The van der Waals surface area contributed by atoms with Gasteiger partial charge in [0.05, 0.1) is 12.2 Å². The summed E-state index contributed by atoms with van der Waals surface area (Å²) < 4.78 is 5.89. The van der Waals surface area contributed by atoms with Crippen LogP contribution in [0.3, 0.4) is 0 Å². The largest absolute Gasteiger partial charge is 0.369 e. The second kappa shape index (κ2) is 3.84. The number of rotatable bonds is 0. The van der Waals surface area contributed by atoms with Crippen LogP contribution in [0.5, 0.6) is 0 Å². The van der Waals surface area contributed by atoms with Crippen LogP contribution < -0.4 is 0 Å². The van der Waals surface area contributed by atoms with E-state index in [9.17, 15) is 4.79 Å². The predicted octanol–water partition coefficient (Wildman–Crippen LogP) is 3.84. The summed E-state index contributed by atoms with van der Waals surface area (Å²) in [6.45, 7) is 9.14. The van der Waals surface area contributed by atoms with E-state index in [0.717, 1.165) is 12.3 Å². The van der Waals surface area contributed by atoms with Crippen molar-refractivity contribution in [2.45, 2.75) is 51.7 Å². The van der Waals surface area contributed by atoms with Crippen LogP contribution in [0.1, 0.15) is 39.5 Å². The zero-order chi connectivity index (χ0) is 15.3. The summed E-state index contributed by atoms with van der Waals surface area (Å²) in [5.74, 6) is 2.27. The van der Waals surface area contributed by atoms with E-state index in [1.807, 2.05) is 6.08 Å². The van der Waals surface area contributed by atoms with Crippen LogP contribution in [0.2, 0.25) is 0 Å². The quantitative estimate of drug-likeness (QED) is 0.636. The number of carbonyl (C=O) groups excluding carboxylic acids is 1. The Labute approximate surface area is 132 Å². The first-order chi connectivity index (χ1) is 10.4. The number of allylic oxidation sites excluding steroid dienone is 5. The Kier molecular flexibility index (Phi) is 2.32. The van der Waals surface area contributed by atoms with E-state index in [1.165, 1.54) is 30.4 Å². The van der Waals surface area contributed by atoms with Crippen molar-refractivity contribution in [3.8, 4) is 0 Å². The highest BCUT2D eigenvalue weighted by Crippen LogP contribution is 2.68. The van der Waals surface area contributed by atoms with Crippen LogP contribution >= 0.6 is 0 Å². The molecule has 22 heavy (non-hydrogen) atoms. The number of ketones is 1. The van der Waals surface area contributed by atoms with Crippen molar-refractivity contribution in [2.75, 3.05) is 0 Å². The first-order valence-electron chi connectivity index (χ1n) is 8.72. The maximum atomic E-state index is 11.8. The van der Waals surface area contributed by atoms with Gasteiger partial charge in [-0.15, -0.1) is 0 Å². The normalized spacial score (nSPS) is 55.0. The molecule has 0 unspecified atom stereocenters. The third-order valence-electron chi connectivity index (χ3n) is 7.69. The Morgan fingerprint density at radius 1 is 1.32 bits per heavy atom. The molecule has 0 bridgehead atoms. The summed E-state index contributed by atoms with van der Waals surface area (Å²) in [4.78, 5) is 11.8. The molecule has 2 nitrogen and oxygen atoms in total. The van der Waals surface area contributed by atoms with E-state index in [0.29, 0.717) is 29.5 Å². The van der Waals surface area contributed by atoms with Crippen molar-refractivity contribution >= 4 is 5.78 Å².